The number of nitrogens with one attached hydrogen (secondary N) is 1. The van der Waals surface area contributed by atoms with Crippen LogP contribution in [0.2, 0.25) is 0 Å². The summed E-state index contributed by atoms with van der Waals surface area (Å²) in [5, 5.41) is 31.1. The third-order valence-corrected chi connectivity index (χ3v) is 13.0. The van der Waals surface area contributed by atoms with Crippen LogP contribution in [0.25, 0.3) is 11.2 Å². The minimum absolute atomic E-state index is 0.0142. The van der Waals surface area contributed by atoms with Gasteiger partial charge in [-0.1, -0.05) is 0 Å². The Kier molecular flexibility index (Phi) is 11.4. The summed E-state index contributed by atoms with van der Waals surface area (Å²) in [6.07, 6.45) is -7.49. The third kappa shape index (κ3) is 9.31. The molecule has 51 heavy (non-hydrogen) atoms. The Bertz CT molecular complexity index is 2090. The van der Waals surface area contributed by atoms with E-state index in [1.54, 1.807) is 0 Å². The van der Waals surface area contributed by atoms with Gasteiger partial charge in [-0.3, -0.25) is 28.0 Å². The van der Waals surface area contributed by atoms with E-state index in [2.05, 4.69) is 36.9 Å². The average molecular weight is 811 g/mol. The highest BCUT2D eigenvalue weighted by atomic mass is 31.3. The minimum atomic E-state index is -6.18. The number of ether oxygens (including phenoxy) is 2. The Morgan fingerprint density at radius 2 is 1.45 bits per heavy atom. The number of aryl methyl sites for hydroxylation is 1. The van der Waals surface area contributed by atoms with Crippen LogP contribution in [0, 0.1) is 6.92 Å². The first kappa shape index (κ1) is 39.6. The van der Waals surface area contributed by atoms with E-state index >= 15 is 0 Å². The maximum atomic E-state index is 12.4. The molecule has 0 radical (unpaired) electrons. The van der Waals surface area contributed by atoms with Crippen LogP contribution in [0.15, 0.2) is 28.4 Å². The molecule has 11 atom stereocenters. The first-order valence-electron chi connectivity index (χ1n) is 13.9. The molecule has 3 aromatic heterocycles. The van der Waals surface area contributed by atoms with Crippen LogP contribution in [0.4, 0.5) is 5.82 Å². The lowest BCUT2D eigenvalue weighted by Gasteiger charge is -2.21. The van der Waals surface area contributed by atoms with Crippen LogP contribution in [0.3, 0.4) is 0 Å². The summed E-state index contributed by atoms with van der Waals surface area (Å²) < 4.78 is 82.8. The Morgan fingerprint density at radius 1 is 0.863 bits per heavy atom. The minimum Gasteiger partial charge on any atom is -0.390 e. The molecule has 2 saturated heterocycles. The van der Waals surface area contributed by atoms with Crippen molar-refractivity contribution in [3.63, 3.8) is 0 Å². The molecule has 2 fully saturated rings. The number of rotatable bonds is 14. The fourth-order valence-corrected chi connectivity index (χ4v) is 9.74. The molecule has 2 aliphatic heterocycles. The number of H-pyrrole nitrogens is 1. The van der Waals surface area contributed by atoms with Crippen molar-refractivity contribution in [2.24, 2.45) is 0 Å². The third-order valence-electron chi connectivity index (χ3n) is 7.08. The lowest BCUT2D eigenvalue weighted by Crippen LogP contribution is -2.33. The second-order valence-electron chi connectivity index (χ2n) is 10.8. The SMILES string of the molecule is Cc1cn([C@H]2CC(O)[C@@H](COP(=O)(O)OP(=O)(O)OP(=O)(O)OP(=O)(O)OC[C@H]3O[C@@H](n4cnc5c(N)ncnc54)C(O)[C@H]3O)O2)c(=O)[nH]c1=O. The highest BCUT2D eigenvalue weighted by Crippen LogP contribution is 2.71. The Labute approximate surface area is 282 Å². The monoisotopic (exact) mass is 811 g/mol. The van der Waals surface area contributed by atoms with Gasteiger partial charge in [0.05, 0.1) is 25.6 Å². The second-order valence-corrected chi connectivity index (χ2v) is 17.0. The maximum Gasteiger partial charge on any atom is 0.490 e. The van der Waals surface area contributed by atoms with E-state index in [9.17, 15) is 62.7 Å². The fraction of sp³-hybridized carbons (Fsp3) is 0.550. The molecule has 2 aliphatic rings. The number of aliphatic hydroxyl groups is 3. The molecule has 0 spiro atoms. The highest BCUT2D eigenvalue weighted by molar-refractivity contribution is 7.69. The van der Waals surface area contributed by atoms with Gasteiger partial charge in [-0.25, -0.2) is 38.0 Å². The van der Waals surface area contributed by atoms with E-state index in [1.165, 1.54) is 6.92 Å². The van der Waals surface area contributed by atoms with Gasteiger partial charge < -0.3 is 50.1 Å². The summed E-state index contributed by atoms with van der Waals surface area (Å²) in [4.78, 5) is 76.8. The summed E-state index contributed by atoms with van der Waals surface area (Å²) in [5.41, 5.74) is 4.47. The zero-order valence-electron chi connectivity index (χ0n) is 25.4. The predicted octanol–water partition coefficient (Wildman–Crippen LogP) is -1.98. The van der Waals surface area contributed by atoms with Gasteiger partial charge in [-0.15, -0.1) is 0 Å². The smallest absolute Gasteiger partial charge is 0.390 e. The van der Waals surface area contributed by atoms with E-state index < -0.39 is 98.7 Å². The van der Waals surface area contributed by atoms with E-state index in [-0.39, 0.29) is 29.0 Å². The molecule has 10 N–H and O–H groups in total. The lowest BCUT2D eigenvalue weighted by molar-refractivity contribution is -0.0503. The molecule has 5 rings (SSSR count). The summed E-state index contributed by atoms with van der Waals surface area (Å²) in [5.74, 6) is -0.0142. The summed E-state index contributed by atoms with van der Waals surface area (Å²) in [6.45, 7) is -0.750. The lowest BCUT2D eigenvalue weighted by atomic mass is 10.1. The van der Waals surface area contributed by atoms with Crippen molar-refractivity contribution >= 4 is 48.3 Å². The zero-order valence-corrected chi connectivity index (χ0v) is 29.0. The average Bonchev–Trinajstić information content (AvgIpc) is 3.67. The number of fused-ring (bicyclic) bond motifs is 1. The van der Waals surface area contributed by atoms with Crippen molar-refractivity contribution in [2.75, 3.05) is 18.9 Å². The summed E-state index contributed by atoms with van der Waals surface area (Å²) >= 11 is 0. The molecule has 284 valence electrons. The van der Waals surface area contributed by atoms with Crippen LogP contribution in [0.1, 0.15) is 24.4 Å². The van der Waals surface area contributed by atoms with Gasteiger partial charge in [-0.2, -0.15) is 12.9 Å². The van der Waals surface area contributed by atoms with Crippen molar-refractivity contribution in [3.8, 4) is 0 Å². The number of anilines is 1. The molecule has 0 aromatic carbocycles. The molecule has 0 bridgehead atoms. The fourth-order valence-electron chi connectivity index (χ4n) is 4.79. The highest BCUT2D eigenvalue weighted by Gasteiger charge is 2.49. The first-order chi connectivity index (χ1) is 23.6. The van der Waals surface area contributed by atoms with Crippen LogP contribution in [0.5, 0.6) is 0 Å². The molecule has 0 aliphatic carbocycles. The number of nitrogens with zero attached hydrogens (tertiary/aromatic N) is 5. The van der Waals surface area contributed by atoms with E-state index in [0.717, 1.165) is 28.0 Å². The van der Waals surface area contributed by atoms with Crippen molar-refractivity contribution < 1.29 is 84.6 Å². The van der Waals surface area contributed by atoms with E-state index in [0.29, 0.717) is 0 Å². The van der Waals surface area contributed by atoms with Crippen LogP contribution in [-0.4, -0.2) is 108 Å². The predicted molar refractivity (Wildman–Crippen MR) is 161 cm³/mol. The Balaban J connectivity index is 1.13. The van der Waals surface area contributed by atoms with Gasteiger partial charge in [0.1, 0.15) is 42.5 Å². The van der Waals surface area contributed by atoms with Gasteiger partial charge in [0.2, 0.25) is 0 Å². The zero-order chi connectivity index (χ0) is 37.7. The molecular weight excluding hydrogens is 782 g/mol. The van der Waals surface area contributed by atoms with Gasteiger partial charge in [0.15, 0.2) is 17.7 Å². The Morgan fingerprint density at radius 3 is 2.08 bits per heavy atom. The van der Waals surface area contributed by atoms with Gasteiger partial charge >= 0.3 is 37.0 Å². The van der Waals surface area contributed by atoms with Crippen LogP contribution in [-0.2, 0) is 49.7 Å². The maximum absolute atomic E-state index is 12.4. The number of nitrogen functional groups attached to an aromatic ring is 1. The number of imidazole rings is 1. The number of phosphoric acid groups is 4. The normalized spacial score (nSPS) is 30.1. The van der Waals surface area contributed by atoms with Crippen molar-refractivity contribution in [3.05, 3.63) is 45.3 Å². The molecule has 31 heteroatoms. The second kappa shape index (κ2) is 14.7. The topological polar surface area (TPSA) is 399 Å². The molecule has 27 nitrogen and oxygen atoms in total. The number of hydrogen-bond donors (Lipinski definition) is 9. The molecule has 5 heterocycles. The van der Waals surface area contributed by atoms with Crippen molar-refractivity contribution in [2.45, 2.75) is 56.3 Å². The van der Waals surface area contributed by atoms with Crippen molar-refractivity contribution in [1.29, 1.82) is 0 Å². The number of hydrogen-bond acceptors (Lipinski definition) is 20. The number of nitrogens with two attached hydrogens (primary N) is 1. The molecule has 3 aromatic rings. The van der Waals surface area contributed by atoms with Crippen LogP contribution >= 0.6 is 31.3 Å². The van der Waals surface area contributed by atoms with Crippen LogP contribution < -0.4 is 17.0 Å². The number of phosphoric ester groups is 2. The van der Waals surface area contributed by atoms with E-state index in [4.69, 9.17) is 15.2 Å². The number of aromatic amines is 1. The summed E-state index contributed by atoms with van der Waals surface area (Å²) in [7, 11) is -23.8. The first-order valence-corrected chi connectivity index (χ1v) is 19.9. The molecular formula is C20H29N7O20P4. The largest absolute Gasteiger partial charge is 0.490 e. The molecule has 0 amide bonds. The standard InChI is InChI=1S/C20H29N7O20P4/c1-8-3-26(20(32)25-18(8)31)12-2-9(28)10(43-12)4-41-48(33,34)45-50(37,38)47-51(39,40)46-49(35,36)42-5-11-14(29)15(30)19(44-11)27-7-24-13-16(21)22-6-23-17(13)27/h3,6-7,9-12,14-15,19,28-30H,2,4-5H2,1H3,(H,33,34)(H,35,36)(H,37,38)(H,39,40)(H2,21,22,23)(H,25,31,32)/t9?,10-,11-,12-,14+,15?,19-/m1/s1. The van der Waals surface area contributed by atoms with Gasteiger partial charge in [-0.05, 0) is 6.92 Å². The van der Waals surface area contributed by atoms with Gasteiger partial charge in [0.25, 0.3) is 5.56 Å². The number of aliphatic hydroxyl groups excluding tert-OH is 3. The molecule has 6 unspecified atom stereocenters. The van der Waals surface area contributed by atoms with E-state index in [1.807, 2.05) is 4.98 Å². The quantitative estimate of drug-likeness (QED) is 0.0796. The summed E-state index contributed by atoms with van der Waals surface area (Å²) in [6, 6.07) is 0. The van der Waals surface area contributed by atoms with Crippen molar-refractivity contribution in [1.82, 2.24) is 29.1 Å². The number of aromatic nitrogens is 6. The molecule has 0 saturated carbocycles. The van der Waals surface area contributed by atoms with Gasteiger partial charge in [0, 0.05) is 18.2 Å². The Hall–Kier alpha value is -2.61.